The summed E-state index contributed by atoms with van der Waals surface area (Å²) in [5.74, 6) is 0. The van der Waals surface area contributed by atoms with Gasteiger partial charge in [0, 0.05) is 9.58 Å². The average molecular weight is 289 g/mol. The molecular weight excluding hydrogens is 274 g/mol. The van der Waals surface area contributed by atoms with Crippen molar-refractivity contribution in [2.75, 3.05) is 5.32 Å². The Morgan fingerprint density at radius 2 is 2.05 bits per heavy atom. The van der Waals surface area contributed by atoms with Gasteiger partial charge >= 0.3 is 0 Å². The number of nitrogens with one attached hydrogen (secondary N) is 1. The maximum absolute atomic E-state index is 4.17. The van der Waals surface area contributed by atoms with E-state index in [1.165, 1.54) is 15.0 Å². The molecule has 1 atom stereocenters. The molecule has 3 aromatic rings. The van der Waals surface area contributed by atoms with E-state index in [4.69, 9.17) is 0 Å². The van der Waals surface area contributed by atoms with Crippen molar-refractivity contribution in [2.24, 2.45) is 0 Å². The fourth-order valence-corrected chi connectivity index (χ4v) is 3.76. The van der Waals surface area contributed by atoms with Crippen LogP contribution in [-0.2, 0) is 6.42 Å². The van der Waals surface area contributed by atoms with E-state index in [9.17, 15) is 0 Å². The molecule has 0 amide bonds. The minimum atomic E-state index is 0.259. The van der Waals surface area contributed by atoms with Crippen LogP contribution in [-0.4, -0.2) is 10.2 Å². The Balaban J connectivity index is 1.81. The molecule has 1 unspecified atom stereocenters. The van der Waals surface area contributed by atoms with Crippen molar-refractivity contribution >= 4 is 37.9 Å². The first-order valence-corrected chi connectivity index (χ1v) is 7.97. The Bertz CT molecular complexity index is 654. The SMILES string of the molecule is CCc1nnc(NC(C)c2cc3ccccc3s2)s1. The molecule has 2 heterocycles. The third-order valence-corrected chi connectivity index (χ3v) is 5.28. The lowest BCUT2D eigenvalue weighted by Gasteiger charge is -2.09. The minimum absolute atomic E-state index is 0.259. The first kappa shape index (κ1) is 12.6. The van der Waals surface area contributed by atoms with Crippen LogP contribution in [0.25, 0.3) is 10.1 Å². The molecule has 3 rings (SSSR count). The summed E-state index contributed by atoms with van der Waals surface area (Å²) in [4.78, 5) is 1.33. The number of aryl methyl sites for hydroxylation is 1. The molecule has 0 spiro atoms. The number of fused-ring (bicyclic) bond motifs is 1. The van der Waals surface area contributed by atoms with Gasteiger partial charge in [-0.15, -0.1) is 21.5 Å². The lowest BCUT2D eigenvalue weighted by atomic mass is 10.2. The number of benzene rings is 1. The van der Waals surface area contributed by atoms with Gasteiger partial charge in [0.15, 0.2) is 0 Å². The Hall–Kier alpha value is -1.46. The summed E-state index contributed by atoms with van der Waals surface area (Å²) in [6.07, 6.45) is 0.941. The van der Waals surface area contributed by atoms with Gasteiger partial charge in [-0.2, -0.15) is 0 Å². The normalized spacial score (nSPS) is 12.7. The van der Waals surface area contributed by atoms with Crippen LogP contribution < -0.4 is 5.32 Å². The first-order valence-electron chi connectivity index (χ1n) is 6.33. The summed E-state index contributed by atoms with van der Waals surface area (Å²) in [5, 5.41) is 15.0. The second-order valence-corrected chi connectivity index (χ2v) is 6.58. The van der Waals surface area contributed by atoms with Crippen LogP contribution in [0.3, 0.4) is 0 Å². The Labute approximate surface area is 120 Å². The Kier molecular flexibility index (Phi) is 3.48. The summed E-state index contributed by atoms with van der Waals surface area (Å²) in [6.45, 7) is 4.26. The Morgan fingerprint density at radius 1 is 1.21 bits per heavy atom. The number of anilines is 1. The van der Waals surface area contributed by atoms with Crippen LogP contribution in [0.4, 0.5) is 5.13 Å². The summed E-state index contributed by atoms with van der Waals surface area (Å²) in [5.41, 5.74) is 0. The quantitative estimate of drug-likeness (QED) is 0.769. The topological polar surface area (TPSA) is 37.8 Å². The molecule has 19 heavy (non-hydrogen) atoms. The summed E-state index contributed by atoms with van der Waals surface area (Å²) in [7, 11) is 0. The predicted octanol–water partition coefficient (Wildman–Crippen LogP) is 4.49. The Morgan fingerprint density at radius 3 is 2.79 bits per heavy atom. The van der Waals surface area contributed by atoms with E-state index in [0.29, 0.717) is 0 Å². The average Bonchev–Trinajstić information content (AvgIpc) is 3.04. The molecule has 5 heteroatoms. The first-order chi connectivity index (χ1) is 9.26. The number of hydrogen-bond donors (Lipinski definition) is 1. The van der Waals surface area contributed by atoms with Gasteiger partial charge < -0.3 is 5.32 Å². The standard InChI is InChI=1S/C14H15N3S2/c1-3-13-16-17-14(19-13)15-9(2)12-8-10-6-4-5-7-11(10)18-12/h4-9H,3H2,1-2H3,(H,15,17). The molecular formula is C14H15N3S2. The van der Waals surface area contributed by atoms with E-state index in [0.717, 1.165) is 16.6 Å². The van der Waals surface area contributed by atoms with Gasteiger partial charge in [-0.3, -0.25) is 0 Å². The van der Waals surface area contributed by atoms with Crippen molar-refractivity contribution in [3.8, 4) is 0 Å². The third kappa shape index (κ3) is 2.62. The van der Waals surface area contributed by atoms with Gasteiger partial charge in [-0.25, -0.2) is 0 Å². The van der Waals surface area contributed by atoms with Crippen molar-refractivity contribution in [2.45, 2.75) is 26.3 Å². The van der Waals surface area contributed by atoms with Gasteiger partial charge in [0.05, 0.1) is 6.04 Å². The molecule has 98 valence electrons. The van der Waals surface area contributed by atoms with Crippen molar-refractivity contribution in [1.29, 1.82) is 0 Å². The number of thiophene rings is 1. The minimum Gasteiger partial charge on any atom is -0.353 e. The molecule has 1 aromatic carbocycles. The lowest BCUT2D eigenvalue weighted by Crippen LogP contribution is -2.04. The zero-order valence-electron chi connectivity index (χ0n) is 10.9. The number of aromatic nitrogens is 2. The monoisotopic (exact) mass is 289 g/mol. The van der Waals surface area contributed by atoms with Gasteiger partial charge in [-0.05, 0) is 30.9 Å². The molecule has 0 saturated heterocycles. The second-order valence-electron chi connectivity index (χ2n) is 4.41. The predicted molar refractivity (Wildman–Crippen MR) is 83.1 cm³/mol. The van der Waals surface area contributed by atoms with Crippen LogP contribution in [0, 0.1) is 0 Å². The highest BCUT2D eigenvalue weighted by molar-refractivity contribution is 7.19. The number of rotatable bonds is 4. The molecule has 0 radical (unpaired) electrons. The molecule has 0 aliphatic rings. The highest BCUT2D eigenvalue weighted by Gasteiger charge is 2.11. The molecule has 1 N–H and O–H groups in total. The van der Waals surface area contributed by atoms with E-state index in [1.807, 2.05) is 11.3 Å². The summed E-state index contributed by atoms with van der Waals surface area (Å²) >= 11 is 3.47. The van der Waals surface area contributed by atoms with Crippen molar-refractivity contribution in [3.05, 3.63) is 40.2 Å². The largest absolute Gasteiger partial charge is 0.353 e. The van der Waals surface area contributed by atoms with E-state index >= 15 is 0 Å². The lowest BCUT2D eigenvalue weighted by molar-refractivity contribution is 0.890. The fourth-order valence-electron chi connectivity index (χ4n) is 1.93. The van der Waals surface area contributed by atoms with Crippen LogP contribution in [0.5, 0.6) is 0 Å². The van der Waals surface area contributed by atoms with Crippen molar-refractivity contribution in [3.63, 3.8) is 0 Å². The van der Waals surface area contributed by atoms with Gasteiger partial charge in [0.1, 0.15) is 5.01 Å². The van der Waals surface area contributed by atoms with Gasteiger partial charge in [0.25, 0.3) is 0 Å². The van der Waals surface area contributed by atoms with Gasteiger partial charge in [0.2, 0.25) is 5.13 Å². The van der Waals surface area contributed by atoms with Crippen molar-refractivity contribution in [1.82, 2.24) is 10.2 Å². The maximum atomic E-state index is 4.17. The zero-order chi connectivity index (χ0) is 13.2. The molecule has 0 bridgehead atoms. The fraction of sp³-hybridized carbons (Fsp3) is 0.286. The maximum Gasteiger partial charge on any atom is 0.206 e. The highest BCUT2D eigenvalue weighted by atomic mass is 32.1. The van der Waals surface area contributed by atoms with E-state index in [2.05, 4.69) is 59.7 Å². The van der Waals surface area contributed by atoms with Crippen LogP contribution in [0.1, 0.15) is 29.8 Å². The van der Waals surface area contributed by atoms with Crippen LogP contribution >= 0.6 is 22.7 Å². The van der Waals surface area contributed by atoms with Crippen LogP contribution in [0.15, 0.2) is 30.3 Å². The van der Waals surface area contributed by atoms with E-state index in [-0.39, 0.29) is 6.04 Å². The van der Waals surface area contributed by atoms with E-state index in [1.54, 1.807) is 11.3 Å². The smallest absolute Gasteiger partial charge is 0.206 e. The van der Waals surface area contributed by atoms with E-state index < -0.39 is 0 Å². The zero-order valence-corrected chi connectivity index (χ0v) is 12.5. The van der Waals surface area contributed by atoms with Crippen LogP contribution in [0.2, 0.25) is 0 Å². The number of hydrogen-bond acceptors (Lipinski definition) is 5. The summed E-state index contributed by atoms with van der Waals surface area (Å²) < 4.78 is 1.33. The molecule has 3 nitrogen and oxygen atoms in total. The summed E-state index contributed by atoms with van der Waals surface area (Å²) in [6, 6.07) is 11.0. The highest BCUT2D eigenvalue weighted by Crippen LogP contribution is 2.31. The molecule has 0 aliphatic heterocycles. The molecule has 2 aromatic heterocycles. The molecule has 0 saturated carbocycles. The number of nitrogens with zero attached hydrogens (tertiary/aromatic N) is 2. The van der Waals surface area contributed by atoms with Gasteiger partial charge in [-0.1, -0.05) is 36.5 Å². The molecule has 0 fully saturated rings. The van der Waals surface area contributed by atoms with Crippen molar-refractivity contribution < 1.29 is 0 Å². The third-order valence-electron chi connectivity index (χ3n) is 2.98. The molecule has 0 aliphatic carbocycles. The second kappa shape index (κ2) is 5.27.